The molecule has 0 radical (unpaired) electrons. The van der Waals surface area contributed by atoms with E-state index in [-0.39, 0.29) is 0 Å². The fourth-order valence-electron chi connectivity index (χ4n) is 14.3. The fourth-order valence-corrected chi connectivity index (χ4v) is 14.3. The number of anilines is 6. The van der Waals surface area contributed by atoms with Gasteiger partial charge in [-0.05, 0) is 179 Å². The van der Waals surface area contributed by atoms with Crippen LogP contribution in [-0.2, 0) is 10.8 Å². The van der Waals surface area contributed by atoms with Gasteiger partial charge in [0.1, 0.15) is 0 Å². The average Bonchev–Trinajstić information content (AvgIpc) is 2.36. The minimum atomic E-state index is -0.633. The van der Waals surface area contributed by atoms with Crippen LogP contribution in [0.1, 0.15) is 44.5 Å². The molecule has 1 aliphatic heterocycles. The maximum atomic E-state index is 2.52. The molecule has 0 unspecified atom stereocenters. The number of hydrogen-bond acceptors (Lipinski definition) is 2. The van der Waals surface area contributed by atoms with Crippen LogP contribution in [0.3, 0.4) is 0 Å². The second kappa shape index (κ2) is 19.1. The Balaban J connectivity index is 0.937. The first kappa shape index (κ1) is 47.5. The van der Waals surface area contributed by atoms with Crippen molar-refractivity contribution in [1.82, 2.24) is 0 Å². The predicted octanol–water partition coefficient (Wildman–Crippen LogP) is 20.7. The second-order valence-electron chi connectivity index (χ2n) is 21.9. The summed E-state index contributed by atoms with van der Waals surface area (Å²) in [5.41, 5.74) is 27.7. The van der Waals surface area contributed by atoms with Gasteiger partial charge in [0.15, 0.2) is 0 Å². The van der Waals surface area contributed by atoms with Gasteiger partial charge in [0.05, 0.1) is 22.2 Å². The van der Waals surface area contributed by atoms with Crippen molar-refractivity contribution in [3.8, 4) is 55.6 Å². The standard InChI is InChI=1S/C80H54N2/c1-6-24-55(25-7-1)58-50-59(56-26-8-2-9-27-56)52-60(51-58)57-42-44-64(45-43-57)81(65-46-48-69-67-34-16-18-36-71(67)79(75(69)53-65,61-28-10-3-11-29-61)62-30-12-4-13-31-62)66-47-49-70-68-35-17-19-37-72(68)80(76(70)54-66)73-38-20-22-40-77(73)82(63-32-14-5-15-33-63)78-41-23-21-39-74(78)80/h1-54H. The summed E-state index contributed by atoms with van der Waals surface area (Å²) >= 11 is 0. The lowest BCUT2D eigenvalue weighted by Crippen LogP contribution is -2.36. The summed E-state index contributed by atoms with van der Waals surface area (Å²) in [5.74, 6) is 0. The summed E-state index contributed by atoms with van der Waals surface area (Å²) in [6.07, 6.45) is 0. The van der Waals surface area contributed by atoms with E-state index in [0.717, 1.165) is 28.3 Å². The monoisotopic (exact) mass is 1040 g/mol. The van der Waals surface area contributed by atoms with Crippen LogP contribution in [0.4, 0.5) is 34.1 Å². The van der Waals surface area contributed by atoms with Gasteiger partial charge in [-0.25, -0.2) is 0 Å². The zero-order chi connectivity index (χ0) is 54.2. The smallest absolute Gasteiger partial charge is 0.0755 e. The largest absolute Gasteiger partial charge is 0.310 e. The molecular formula is C80H54N2. The first-order valence-corrected chi connectivity index (χ1v) is 28.5. The molecule has 384 valence electrons. The van der Waals surface area contributed by atoms with Crippen molar-refractivity contribution in [2.24, 2.45) is 0 Å². The third kappa shape index (κ3) is 7.14. The van der Waals surface area contributed by atoms with Crippen LogP contribution in [0.15, 0.2) is 328 Å². The van der Waals surface area contributed by atoms with Crippen molar-refractivity contribution >= 4 is 34.1 Å². The Morgan fingerprint density at radius 1 is 0.220 bits per heavy atom. The van der Waals surface area contributed by atoms with Crippen molar-refractivity contribution in [3.63, 3.8) is 0 Å². The van der Waals surface area contributed by atoms with Crippen molar-refractivity contribution < 1.29 is 0 Å². The molecular weight excluding hydrogens is 989 g/mol. The van der Waals surface area contributed by atoms with Crippen LogP contribution in [0.5, 0.6) is 0 Å². The molecule has 0 saturated heterocycles. The highest BCUT2D eigenvalue weighted by molar-refractivity contribution is 5.98. The Morgan fingerprint density at radius 3 is 1.04 bits per heavy atom. The lowest BCUT2D eigenvalue weighted by molar-refractivity contribution is 0.752. The predicted molar refractivity (Wildman–Crippen MR) is 340 cm³/mol. The molecule has 0 atom stereocenters. The number of benzene rings is 13. The number of fused-ring (bicyclic) bond motifs is 12. The minimum Gasteiger partial charge on any atom is -0.310 e. The lowest BCUT2D eigenvalue weighted by Gasteiger charge is -2.45. The quantitative estimate of drug-likeness (QED) is 0.142. The molecule has 0 amide bonds. The summed E-state index contributed by atoms with van der Waals surface area (Å²) in [7, 11) is 0. The topological polar surface area (TPSA) is 6.48 Å². The van der Waals surface area contributed by atoms with Gasteiger partial charge >= 0.3 is 0 Å². The zero-order valence-electron chi connectivity index (χ0n) is 45.1. The van der Waals surface area contributed by atoms with Crippen molar-refractivity contribution in [2.45, 2.75) is 10.8 Å². The third-order valence-electron chi connectivity index (χ3n) is 17.7. The van der Waals surface area contributed by atoms with E-state index in [1.54, 1.807) is 0 Å². The molecule has 13 aromatic rings. The Kier molecular flexibility index (Phi) is 11.0. The highest BCUT2D eigenvalue weighted by atomic mass is 15.2. The van der Waals surface area contributed by atoms with E-state index in [1.165, 1.54) is 106 Å². The maximum absolute atomic E-state index is 2.52. The Bertz CT molecular complexity index is 4410. The first-order chi connectivity index (χ1) is 40.7. The van der Waals surface area contributed by atoms with E-state index in [2.05, 4.69) is 337 Å². The highest BCUT2D eigenvalue weighted by Crippen LogP contribution is 2.64. The molecule has 0 bridgehead atoms. The Morgan fingerprint density at radius 2 is 0.561 bits per heavy atom. The van der Waals surface area contributed by atoms with E-state index in [9.17, 15) is 0 Å². The molecule has 13 aromatic carbocycles. The van der Waals surface area contributed by atoms with Gasteiger partial charge < -0.3 is 9.80 Å². The van der Waals surface area contributed by atoms with Crippen LogP contribution < -0.4 is 9.80 Å². The van der Waals surface area contributed by atoms with E-state index >= 15 is 0 Å². The summed E-state index contributed by atoms with van der Waals surface area (Å²) in [5, 5.41) is 0. The van der Waals surface area contributed by atoms with E-state index in [4.69, 9.17) is 0 Å². The molecule has 16 rings (SSSR count). The average molecular weight is 1040 g/mol. The molecule has 2 aliphatic carbocycles. The number of rotatable bonds is 9. The van der Waals surface area contributed by atoms with Gasteiger partial charge in [0.2, 0.25) is 0 Å². The van der Waals surface area contributed by atoms with Crippen LogP contribution in [0.2, 0.25) is 0 Å². The van der Waals surface area contributed by atoms with Crippen LogP contribution in [-0.4, -0.2) is 0 Å². The van der Waals surface area contributed by atoms with Gasteiger partial charge in [0, 0.05) is 22.7 Å². The Labute approximate surface area is 479 Å². The highest BCUT2D eigenvalue weighted by Gasteiger charge is 2.52. The molecule has 1 heterocycles. The van der Waals surface area contributed by atoms with Gasteiger partial charge in [-0.1, -0.05) is 249 Å². The van der Waals surface area contributed by atoms with Crippen LogP contribution in [0.25, 0.3) is 55.6 Å². The lowest BCUT2D eigenvalue weighted by atomic mass is 9.64. The molecule has 2 nitrogen and oxygen atoms in total. The molecule has 3 aliphatic rings. The zero-order valence-corrected chi connectivity index (χ0v) is 45.1. The summed E-state index contributed by atoms with van der Waals surface area (Å²) in [6, 6.07) is 122. The molecule has 0 saturated carbocycles. The van der Waals surface area contributed by atoms with Crippen LogP contribution in [0, 0.1) is 0 Å². The molecule has 0 aromatic heterocycles. The van der Waals surface area contributed by atoms with Crippen molar-refractivity contribution in [2.75, 3.05) is 9.80 Å². The Hall–Kier alpha value is -10.5. The van der Waals surface area contributed by atoms with Crippen molar-refractivity contribution in [1.29, 1.82) is 0 Å². The van der Waals surface area contributed by atoms with Gasteiger partial charge in [-0.2, -0.15) is 0 Å². The van der Waals surface area contributed by atoms with Gasteiger partial charge in [-0.3, -0.25) is 0 Å². The van der Waals surface area contributed by atoms with E-state index < -0.39 is 10.8 Å². The normalized spacial score (nSPS) is 13.5. The summed E-state index contributed by atoms with van der Waals surface area (Å²) in [4.78, 5) is 4.97. The minimum absolute atomic E-state index is 0.579. The molecule has 82 heavy (non-hydrogen) atoms. The molecule has 0 fully saturated rings. The number of para-hydroxylation sites is 3. The molecule has 2 heteroatoms. The van der Waals surface area contributed by atoms with Crippen LogP contribution >= 0.6 is 0 Å². The third-order valence-corrected chi connectivity index (χ3v) is 17.7. The van der Waals surface area contributed by atoms with Gasteiger partial charge in [-0.15, -0.1) is 0 Å². The fraction of sp³-hybridized carbons (Fsp3) is 0.0250. The van der Waals surface area contributed by atoms with E-state index in [0.29, 0.717) is 0 Å². The summed E-state index contributed by atoms with van der Waals surface area (Å²) in [6.45, 7) is 0. The molecule has 1 spiro atoms. The number of nitrogens with zero attached hydrogens (tertiary/aromatic N) is 2. The van der Waals surface area contributed by atoms with E-state index in [1.807, 2.05) is 0 Å². The summed E-state index contributed by atoms with van der Waals surface area (Å²) < 4.78 is 0. The van der Waals surface area contributed by atoms with Crippen molar-refractivity contribution in [3.05, 3.63) is 372 Å². The molecule has 0 N–H and O–H groups in total. The second-order valence-corrected chi connectivity index (χ2v) is 21.9. The number of hydrogen-bond donors (Lipinski definition) is 0. The first-order valence-electron chi connectivity index (χ1n) is 28.5. The SMILES string of the molecule is c1ccc(-c2cc(-c3ccccc3)cc(-c3ccc(N(c4ccc5c(c4)C(c4ccccc4)(c4ccccc4)c4ccccc4-5)c4ccc5c(c4)C4(c6ccccc6-5)c5ccccc5N(c5ccccc5)c5ccccc54)cc3)c2)cc1. The maximum Gasteiger partial charge on any atom is 0.0755 e. The van der Waals surface area contributed by atoms with Gasteiger partial charge in [0.25, 0.3) is 0 Å².